The summed E-state index contributed by atoms with van der Waals surface area (Å²) in [6.07, 6.45) is 1.73. The molecular formula is C14H20F3NO2. The fraction of sp³-hybridized carbons (Fsp3) is 0.571. The Kier molecular flexibility index (Phi) is 8.25. The molecule has 3 nitrogen and oxygen atoms in total. The molecule has 114 valence electrons. The van der Waals surface area contributed by atoms with Crippen LogP contribution in [-0.2, 0) is 16.0 Å². The van der Waals surface area contributed by atoms with Crippen LogP contribution in [0.2, 0.25) is 0 Å². The Morgan fingerprint density at radius 2 is 1.70 bits per heavy atom. The van der Waals surface area contributed by atoms with E-state index in [0.29, 0.717) is 32.4 Å². The molecule has 1 rings (SSSR count). The van der Waals surface area contributed by atoms with E-state index in [1.807, 2.05) is 0 Å². The first-order valence-corrected chi connectivity index (χ1v) is 6.56. The zero-order chi connectivity index (χ0) is 14.8. The third kappa shape index (κ3) is 6.36. The lowest BCUT2D eigenvalue weighted by Crippen LogP contribution is -2.16. The fourth-order valence-corrected chi connectivity index (χ4v) is 1.62. The van der Waals surface area contributed by atoms with Gasteiger partial charge < -0.3 is 14.8 Å². The summed E-state index contributed by atoms with van der Waals surface area (Å²) in [6.45, 7) is 2.63. The molecule has 0 saturated heterocycles. The van der Waals surface area contributed by atoms with Crippen LogP contribution in [0.1, 0.15) is 18.4 Å². The summed E-state index contributed by atoms with van der Waals surface area (Å²) >= 11 is 0. The lowest BCUT2D eigenvalue weighted by atomic mass is 10.2. The predicted molar refractivity (Wildman–Crippen MR) is 70.0 cm³/mol. The molecule has 1 N–H and O–H groups in total. The maximum absolute atomic E-state index is 13.3. The Balaban J connectivity index is 2.11. The molecule has 0 heterocycles. The normalized spacial score (nSPS) is 11.0. The number of hydrogen-bond donors (Lipinski definition) is 1. The van der Waals surface area contributed by atoms with E-state index in [0.717, 1.165) is 18.9 Å². The number of hydrogen-bond acceptors (Lipinski definition) is 3. The molecule has 0 bridgehead atoms. The molecule has 0 fully saturated rings. The van der Waals surface area contributed by atoms with Crippen molar-refractivity contribution in [2.75, 3.05) is 33.5 Å². The molecule has 0 amide bonds. The molecular weight excluding hydrogens is 271 g/mol. The SMILES string of the molecule is COCCOCCCCNCc1cc(F)c(F)cc1F. The number of ether oxygens (including phenoxy) is 2. The van der Waals surface area contributed by atoms with Crippen LogP contribution in [0, 0.1) is 17.5 Å². The van der Waals surface area contributed by atoms with Gasteiger partial charge >= 0.3 is 0 Å². The predicted octanol–water partition coefficient (Wildman–Crippen LogP) is 2.64. The fourth-order valence-electron chi connectivity index (χ4n) is 1.62. The highest BCUT2D eigenvalue weighted by Gasteiger charge is 2.08. The average molecular weight is 291 g/mol. The lowest BCUT2D eigenvalue weighted by Gasteiger charge is -2.07. The van der Waals surface area contributed by atoms with Gasteiger partial charge in [0.2, 0.25) is 0 Å². The van der Waals surface area contributed by atoms with Crippen LogP contribution in [0.25, 0.3) is 0 Å². The van der Waals surface area contributed by atoms with Crippen molar-refractivity contribution in [2.24, 2.45) is 0 Å². The van der Waals surface area contributed by atoms with Crippen LogP contribution >= 0.6 is 0 Å². The highest BCUT2D eigenvalue weighted by Crippen LogP contribution is 2.13. The van der Waals surface area contributed by atoms with Crippen LogP contribution in [-0.4, -0.2) is 33.5 Å². The summed E-state index contributed by atoms with van der Waals surface area (Å²) in [4.78, 5) is 0. The molecule has 0 radical (unpaired) electrons. The molecule has 0 spiro atoms. The van der Waals surface area contributed by atoms with Crippen LogP contribution < -0.4 is 5.32 Å². The van der Waals surface area contributed by atoms with E-state index in [2.05, 4.69) is 5.32 Å². The van der Waals surface area contributed by atoms with Crippen LogP contribution in [0.3, 0.4) is 0 Å². The van der Waals surface area contributed by atoms with Gasteiger partial charge in [-0.3, -0.25) is 0 Å². The monoisotopic (exact) mass is 291 g/mol. The van der Waals surface area contributed by atoms with E-state index < -0.39 is 17.5 Å². The molecule has 0 aliphatic rings. The van der Waals surface area contributed by atoms with Crippen LogP contribution in [0.5, 0.6) is 0 Å². The maximum atomic E-state index is 13.3. The molecule has 0 aromatic heterocycles. The van der Waals surface area contributed by atoms with Crippen molar-refractivity contribution >= 4 is 0 Å². The second-order valence-corrected chi connectivity index (χ2v) is 4.35. The van der Waals surface area contributed by atoms with E-state index in [1.54, 1.807) is 7.11 Å². The van der Waals surface area contributed by atoms with E-state index >= 15 is 0 Å². The maximum Gasteiger partial charge on any atom is 0.161 e. The quantitative estimate of drug-likeness (QED) is 0.531. The largest absolute Gasteiger partial charge is 0.382 e. The number of benzene rings is 1. The Morgan fingerprint density at radius 3 is 2.45 bits per heavy atom. The highest BCUT2D eigenvalue weighted by molar-refractivity contribution is 5.19. The first-order valence-electron chi connectivity index (χ1n) is 6.56. The summed E-state index contributed by atoms with van der Waals surface area (Å²) in [5, 5.41) is 2.98. The Morgan fingerprint density at radius 1 is 0.950 bits per heavy atom. The van der Waals surface area contributed by atoms with Crippen molar-refractivity contribution in [2.45, 2.75) is 19.4 Å². The number of methoxy groups -OCH3 is 1. The third-order valence-electron chi connectivity index (χ3n) is 2.73. The highest BCUT2D eigenvalue weighted by atomic mass is 19.2. The van der Waals surface area contributed by atoms with Gasteiger partial charge in [0.25, 0.3) is 0 Å². The van der Waals surface area contributed by atoms with Crippen molar-refractivity contribution in [1.29, 1.82) is 0 Å². The standard InChI is InChI=1S/C14H20F3NO2/c1-19-6-7-20-5-3-2-4-18-10-11-8-13(16)14(17)9-12(11)15/h8-9,18H,2-7,10H2,1H3. The molecule has 1 aromatic rings. The van der Waals surface area contributed by atoms with Gasteiger partial charge in [0, 0.05) is 31.9 Å². The molecule has 0 aliphatic carbocycles. The van der Waals surface area contributed by atoms with E-state index in [-0.39, 0.29) is 12.1 Å². The minimum atomic E-state index is -1.17. The van der Waals surface area contributed by atoms with Gasteiger partial charge in [0.1, 0.15) is 5.82 Å². The van der Waals surface area contributed by atoms with Gasteiger partial charge in [-0.05, 0) is 25.5 Å². The summed E-state index contributed by atoms with van der Waals surface area (Å²) in [6, 6.07) is 1.45. The number of rotatable bonds is 10. The van der Waals surface area contributed by atoms with Crippen molar-refractivity contribution in [3.8, 4) is 0 Å². The van der Waals surface area contributed by atoms with Gasteiger partial charge in [-0.15, -0.1) is 0 Å². The Bertz CT molecular complexity index is 402. The molecule has 1 aromatic carbocycles. The zero-order valence-corrected chi connectivity index (χ0v) is 11.6. The summed E-state index contributed by atoms with van der Waals surface area (Å²) in [7, 11) is 1.62. The van der Waals surface area contributed by atoms with Crippen molar-refractivity contribution in [3.63, 3.8) is 0 Å². The number of unbranched alkanes of at least 4 members (excludes halogenated alkanes) is 1. The second-order valence-electron chi connectivity index (χ2n) is 4.35. The van der Waals surface area contributed by atoms with Gasteiger partial charge in [0.15, 0.2) is 11.6 Å². The van der Waals surface area contributed by atoms with E-state index in [9.17, 15) is 13.2 Å². The average Bonchev–Trinajstić information content (AvgIpc) is 2.42. The number of nitrogens with one attached hydrogen (secondary N) is 1. The minimum Gasteiger partial charge on any atom is -0.382 e. The molecule has 20 heavy (non-hydrogen) atoms. The van der Waals surface area contributed by atoms with Gasteiger partial charge in [0.05, 0.1) is 13.2 Å². The molecule has 0 aliphatic heterocycles. The minimum absolute atomic E-state index is 0.125. The van der Waals surface area contributed by atoms with Crippen molar-refractivity contribution in [3.05, 3.63) is 35.1 Å². The third-order valence-corrected chi connectivity index (χ3v) is 2.73. The Labute approximate surface area is 117 Å². The summed E-state index contributed by atoms with van der Waals surface area (Å²) in [5.74, 6) is -2.94. The van der Waals surface area contributed by atoms with Crippen LogP contribution in [0.15, 0.2) is 12.1 Å². The van der Waals surface area contributed by atoms with Crippen LogP contribution in [0.4, 0.5) is 13.2 Å². The number of halogens is 3. The van der Waals surface area contributed by atoms with Gasteiger partial charge in [-0.2, -0.15) is 0 Å². The van der Waals surface area contributed by atoms with E-state index in [4.69, 9.17) is 9.47 Å². The van der Waals surface area contributed by atoms with Gasteiger partial charge in [-0.25, -0.2) is 13.2 Å². The second kappa shape index (κ2) is 9.74. The van der Waals surface area contributed by atoms with Crippen molar-refractivity contribution < 1.29 is 22.6 Å². The van der Waals surface area contributed by atoms with E-state index in [1.165, 1.54) is 0 Å². The molecule has 6 heteroatoms. The smallest absolute Gasteiger partial charge is 0.161 e. The van der Waals surface area contributed by atoms with Crippen molar-refractivity contribution in [1.82, 2.24) is 5.32 Å². The summed E-state index contributed by atoms with van der Waals surface area (Å²) in [5.41, 5.74) is 0.125. The van der Waals surface area contributed by atoms with Gasteiger partial charge in [-0.1, -0.05) is 0 Å². The molecule has 0 atom stereocenters. The Hall–Kier alpha value is -1.11. The summed E-state index contributed by atoms with van der Waals surface area (Å²) < 4.78 is 49.1. The molecule has 0 saturated carbocycles. The lowest BCUT2D eigenvalue weighted by molar-refractivity contribution is 0.0688. The topological polar surface area (TPSA) is 30.5 Å². The first kappa shape index (κ1) is 16.9. The molecule has 0 unspecified atom stereocenters. The zero-order valence-electron chi connectivity index (χ0n) is 11.6. The first-order chi connectivity index (χ1) is 9.65.